The van der Waals surface area contributed by atoms with Crippen molar-refractivity contribution < 1.29 is 10.2 Å². The zero-order valence-electron chi connectivity index (χ0n) is 0.908. The molecule has 0 fully saturated rings. The van der Waals surface area contributed by atoms with Gasteiger partial charge in [-0.05, 0) is 0 Å². The van der Waals surface area contributed by atoms with Crippen molar-refractivity contribution in [1.82, 2.24) is 0 Å². The molecule has 0 atom stereocenters. The molecule has 4 heteroatoms. The van der Waals surface area contributed by atoms with Gasteiger partial charge in [0.2, 0.25) is 0 Å². The topological polar surface area (TPSA) is 31.5 Å². The van der Waals surface area contributed by atoms with Gasteiger partial charge in [0.15, 0.2) is 17.4 Å². The van der Waals surface area contributed by atoms with E-state index in [-0.39, 0.29) is 57.1 Å². The molecular weight excluding hydrogens is 85.0 g/mol. The third-order valence-electron chi connectivity index (χ3n) is 0. The molecule has 4 heavy (non-hydrogen) atoms. The Morgan fingerprint density at radius 1 is 1.00 bits per heavy atom. The van der Waals surface area contributed by atoms with Gasteiger partial charge in [-0.25, -0.2) is 0 Å². The van der Waals surface area contributed by atoms with Gasteiger partial charge in [0, 0.05) is 0 Å². The predicted molar refractivity (Wildman–Crippen MR) is 23.2 cm³/mol. The summed E-state index contributed by atoms with van der Waals surface area (Å²) >= 11 is 0. The normalized spacial score (nSPS) is 0. The molecule has 0 amide bonds. The first-order valence-corrected chi connectivity index (χ1v) is 0. The molecule has 0 bridgehead atoms. The SMILES string of the molecule is F.O.[AlH3].[NaH]. The molecule has 0 aromatic heterocycles. The molecule has 0 aliphatic carbocycles. The molecule has 24 valence electrons. The Morgan fingerprint density at radius 2 is 1.00 bits per heavy atom. The van der Waals surface area contributed by atoms with Crippen LogP contribution in [0.3, 0.4) is 0 Å². The summed E-state index contributed by atoms with van der Waals surface area (Å²) in [5, 5.41) is 0. The monoisotopic (exact) mass is 92.0 g/mol. The number of hydrogen-bond acceptors (Lipinski definition) is 0. The van der Waals surface area contributed by atoms with Crippen LogP contribution in [0.4, 0.5) is 4.70 Å². The Hall–Kier alpha value is 1.42. The molecule has 0 radical (unpaired) electrons. The van der Waals surface area contributed by atoms with Crippen LogP contribution in [-0.2, 0) is 0 Å². The van der Waals surface area contributed by atoms with Crippen LogP contribution >= 0.6 is 0 Å². The van der Waals surface area contributed by atoms with Gasteiger partial charge < -0.3 is 5.48 Å². The molecular formula is H7AlFNaO. The van der Waals surface area contributed by atoms with Crippen LogP contribution < -0.4 is 0 Å². The van der Waals surface area contributed by atoms with Gasteiger partial charge in [0.25, 0.3) is 0 Å². The Balaban J connectivity index is 0. The quantitative estimate of drug-likeness (QED) is 0.296. The first-order chi connectivity index (χ1) is 0. The molecule has 0 saturated carbocycles. The summed E-state index contributed by atoms with van der Waals surface area (Å²) in [5.41, 5.74) is 0. The zero-order chi connectivity index (χ0) is 0. The van der Waals surface area contributed by atoms with Crippen molar-refractivity contribution in [3.8, 4) is 0 Å². The van der Waals surface area contributed by atoms with Crippen LogP contribution in [0.15, 0.2) is 0 Å². The number of rotatable bonds is 0. The van der Waals surface area contributed by atoms with E-state index >= 15 is 0 Å². The maximum atomic E-state index is 0. The van der Waals surface area contributed by atoms with Crippen molar-refractivity contribution >= 4 is 46.9 Å². The first kappa shape index (κ1) is 52.4. The fraction of sp³-hybridized carbons (Fsp3) is 0. The molecule has 1 nitrogen and oxygen atoms in total. The van der Waals surface area contributed by atoms with Gasteiger partial charge >= 0.3 is 29.6 Å². The van der Waals surface area contributed by atoms with E-state index in [0.29, 0.717) is 0 Å². The van der Waals surface area contributed by atoms with Crippen LogP contribution in [0.1, 0.15) is 0 Å². The van der Waals surface area contributed by atoms with Crippen molar-refractivity contribution in [2.45, 2.75) is 0 Å². The van der Waals surface area contributed by atoms with Crippen molar-refractivity contribution in [2.24, 2.45) is 0 Å². The number of hydrogen-bond donors (Lipinski definition) is 0. The molecule has 0 heterocycles. The van der Waals surface area contributed by atoms with Gasteiger partial charge in [-0.15, -0.1) is 0 Å². The maximum absolute atomic E-state index is 0. The number of halogens is 1. The average molecular weight is 92.0 g/mol. The van der Waals surface area contributed by atoms with Crippen LogP contribution in [-0.4, -0.2) is 52.4 Å². The van der Waals surface area contributed by atoms with Crippen LogP contribution in [0.5, 0.6) is 0 Å². The fourth-order valence-electron chi connectivity index (χ4n) is 0. The van der Waals surface area contributed by atoms with Gasteiger partial charge in [0.05, 0.1) is 0 Å². The average Bonchev–Trinajstić information content (AvgIpc) is 0. The molecule has 2 N–H and O–H groups in total. The van der Waals surface area contributed by atoms with E-state index in [4.69, 9.17) is 0 Å². The van der Waals surface area contributed by atoms with E-state index in [9.17, 15) is 0 Å². The van der Waals surface area contributed by atoms with Crippen LogP contribution in [0.2, 0.25) is 0 Å². The van der Waals surface area contributed by atoms with E-state index in [2.05, 4.69) is 0 Å². The van der Waals surface area contributed by atoms with E-state index < -0.39 is 0 Å². The summed E-state index contributed by atoms with van der Waals surface area (Å²) in [6.45, 7) is 0. The van der Waals surface area contributed by atoms with Crippen molar-refractivity contribution in [1.29, 1.82) is 0 Å². The van der Waals surface area contributed by atoms with Crippen LogP contribution in [0.25, 0.3) is 0 Å². The van der Waals surface area contributed by atoms with Crippen molar-refractivity contribution in [3.05, 3.63) is 0 Å². The summed E-state index contributed by atoms with van der Waals surface area (Å²) in [5.74, 6) is 0. The minimum absolute atomic E-state index is 0. The summed E-state index contributed by atoms with van der Waals surface area (Å²) in [6, 6.07) is 0. The molecule has 0 aromatic carbocycles. The Morgan fingerprint density at radius 3 is 1.00 bits per heavy atom. The van der Waals surface area contributed by atoms with Gasteiger partial charge in [-0.3, -0.25) is 4.70 Å². The predicted octanol–water partition coefficient (Wildman–Crippen LogP) is -2.50. The summed E-state index contributed by atoms with van der Waals surface area (Å²) < 4.78 is 0. The van der Waals surface area contributed by atoms with E-state index in [1.54, 1.807) is 0 Å². The summed E-state index contributed by atoms with van der Waals surface area (Å²) in [4.78, 5) is 0. The minimum atomic E-state index is 0. The molecule has 0 aliphatic heterocycles. The second-order valence-corrected chi connectivity index (χ2v) is 0. The molecule has 0 saturated heterocycles. The molecule has 0 aromatic rings. The van der Waals surface area contributed by atoms with E-state index in [0.717, 1.165) is 0 Å². The standard InChI is InChI=1S/Al.FH.Na.H2O.4H/h;1H;;1H2;;;;. The second-order valence-electron chi connectivity index (χ2n) is 0. The second kappa shape index (κ2) is 25.6. The third-order valence-corrected chi connectivity index (χ3v) is 0. The van der Waals surface area contributed by atoms with Crippen molar-refractivity contribution in [2.75, 3.05) is 0 Å². The van der Waals surface area contributed by atoms with Crippen molar-refractivity contribution in [3.63, 3.8) is 0 Å². The van der Waals surface area contributed by atoms with E-state index in [1.807, 2.05) is 0 Å². The van der Waals surface area contributed by atoms with Gasteiger partial charge in [-0.1, -0.05) is 0 Å². The molecule has 0 rings (SSSR count). The fourth-order valence-corrected chi connectivity index (χ4v) is 0. The first-order valence-electron chi connectivity index (χ1n) is 0. The van der Waals surface area contributed by atoms with E-state index in [1.165, 1.54) is 0 Å². The molecule has 0 aliphatic rings. The van der Waals surface area contributed by atoms with Crippen LogP contribution in [0, 0.1) is 0 Å². The summed E-state index contributed by atoms with van der Waals surface area (Å²) in [7, 11) is 0. The summed E-state index contributed by atoms with van der Waals surface area (Å²) in [6.07, 6.45) is 0. The van der Waals surface area contributed by atoms with Gasteiger partial charge in [0.1, 0.15) is 0 Å². The Kier molecular flexibility index (Phi) is 335. The Bertz CT molecular complexity index is 8.00. The zero-order valence-corrected chi connectivity index (χ0v) is 0.908. The Labute approximate surface area is 56.9 Å². The third kappa shape index (κ3) is 9.93. The molecule has 0 spiro atoms. The molecule has 0 unspecified atom stereocenters. The van der Waals surface area contributed by atoms with Gasteiger partial charge in [-0.2, -0.15) is 0 Å².